The van der Waals surface area contributed by atoms with Gasteiger partial charge in [0.25, 0.3) is 0 Å². The van der Waals surface area contributed by atoms with Crippen molar-refractivity contribution in [2.45, 2.75) is 20.4 Å². The van der Waals surface area contributed by atoms with Crippen molar-refractivity contribution in [2.75, 3.05) is 5.32 Å². The van der Waals surface area contributed by atoms with Gasteiger partial charge in [0.05, 0.1) is 11.9 Å². The third-order valence-electron chi connectivity index (χ3n) is 2.59. The van der Waals surface area contributed by atoms with E-state index in [9.17, 15) is 0 Å². The molecule has 88 valence electrons. The van der Waals surface area contributed by atoms with Gasteiger partial charge in [0.15, 0.2) is 0 Å². The minimum atomic E-state index is 0.824. The SMILES string of the molecule is Cc1cccc(CNc2cnc(Br)c(C)c2)c1. The Kier molecular flexibility index (Phi) is 3.79. The van der Waals surface area contributed by atoms with Crippen molar-refractivity contribution >= 4 is 21.6 Å². The Bertz CT molecular complexity index is 523. The predicted molar refractivity (Wildman–Crippen MR) is 75.2 cm³/mol. The van der Waals surface area contributed by atoms with Gasteiger partial charge >= 0.3 is 0 Å². The Balaban J connectivity index is 2.05. The summed E-state index contributed by atoms with van der Waals surface area (Å²) in [5.74, 6) is 0. The lowest BCUT2D eigenvalue weighted by Gasteiger charge is -2.08. The smallest absolute Gasteiger partial charge is 0.109 e. The molecule has 0 aliphatic heterocycles. The molecule has 0 bridgehead atoms. The second-order valence-corrected chi connectivity index (χ2v) is 4.93. The maximum absolute atomic E-state index is 4.26. The van der Waals surface area contributed by atoms with Crippen molar-refractivity contribution in [3.8, 4) is 0 Å². The van der Waals surface area contributed by atoms with Crippen LogP contribution in [0.1, 0.15) is 16.7 Å². The molecule has 0 saturated carbocycles. The molecule has 0 atom stereocenters. The summed E-state index contributed by atoms with van der Waals surface area (Å²) >= 11 is 3.40. The fourth-order valence-corrected chi connectivity index (χ4v) is 1.90. The number of hydrogen-bond donors (Lipinski definition) is 1. The third kappa shape index (κ3) is 3.30. The number of aromatic nitrogens is 1. The summed E-state index contributed by atoms with van der Waals surface area (Å²) in [5.41, 5.74) is 4.76. The van der Waals surface area contributed by atoms with Crippen LogP contribution in [-0.2, 0) is 6.54 Å². The average Bonchev–Trinajstić information content (AvgIpc) is 2.31. The van der Waals surface area contributed by atoms with Crippen LogP contribution in [0.25, 0.3) is 0 Å². The van der Waals surface area contributed by atoms with Gasteiger partial charge in [-0.15, -0.1) is 0 Å². The minimum absolute atomic E-state index is 0.824. The molecule has 2 aromatic rings. The van der Waals surface area contributed by atoms with Crippen LogP contribution in [0.5, 0.6) is 0 Å². The van der Waals surface area contributed by atoms with Crippen LogP contribution in [0.15, 0.2) is 41.1 Å². The van der Waals surface area contributed by atoms with E-state index >= 15 is 0 Å². The van der Waals surface area contributed by atoms with Gasteiger partial charge in [-0.3, -0.25) is 0 Å². The van der Waals surface area contributed by atoms with E-state index in [4.69, 9.17) is 0 Å². The molecule has 1 N–H and O–H groups in total. The number of pyridine rings is 1. The van der Waals surface area contributed by atoms with E-state index in [0.717, 1.165) is 22.4 Å². The molecule has 0 unspecified atom stereocenters. The monoisotopic (exact) mass is 290 g/mol. The number of nitrogens with one attached hydrogen (secondary N) is 1. The van der Waals surface area contributed by atoms with E-state index in [-0.39, 0.29) is 0 Å². The van der Waals surface area contributed by atoms with Crippen LogP contribution in [0.2, 0.25) is 0 Å². The molecular formula is C14H15BrN2. The largest absolute Gasteiger partial charge is 0.380 e. The fourth-order valence-electron chi connectivity index (χ4n) is 1.68. The average molecular weight is 291 g/mol. The first-order valence-corrected chi connectivity index (χ1v) is 6.36. The zero-order chi connectivity index (χ0) is 12.3. The zero-order valence-electron chi connectivity index (χ0n) is 10.00. The number of benzene rings is 1. The van der Waals surface area contributed by atoms with E-state index < -0.39 is 0 Å². The zero-order valence-corrected chi connectivity index (χ0v) is 11.6. The lowest BCUT2D eigenvalue weighted by molar-refractivity contribution is 1.12. The number of anilines is 1. The van der Waals surface area contributed by atoms with Gasteiger partial charge < -0.3 is 5.32 Å². The molecule has 3 heteroatoms. The Morgan fingerprint density at radius 1 is 1.24 bits per heavy atom. The molecule has 1 aromatic heterocycles. The van der Waals surface area contributed by atoms with Crippen molar-refractivity contribution in [2.24, 2.45) is 0 Å². The molecule has 0 fully saturated rings. The quantitative estimate of drug-likeness (QED) is 0.862. The lowest BCUT2D eigenvalue weighted by atomic mass is 10.1. The maximum atomic E-state index is 4.26. The van der Waals surface area contributed by atoms with Crippen molar-refractivity contribution in [1.29, 1.82) is 0 Å². The Morgan fingerprint density at radius 3 is 2.76 bits per heavy atom. The Labute approximate surface area is 110 Å². The summed E-state index contributed by atoms with van der Waals surface area (Å²) in [5, 5.41) is 3.37. The molecule has 1 aromatic carbocycles. The van der Waals surface area contributed by atoms with Gasteiger partial charge in [-0.2, -0.15) is 0 Å². The first-order valence-electron chi connectivity index (χ1n) is 5.57. The normalized spacial score (nSPS) is 10.3. The summed E-state index contributed by atoms with van der Waals surface area (Å²) in [6.45, 7) is 4.97. The van der Waals surface area contributed by atoms with Crippen LogP contribution >= 0.6 is 15.9 Å². The molecule has 2 rings (SSSR count). The van der Waals surface area contributed by atoms with Crippen LogP contribution < -0.4 is 5.32 Å². The molecule has 0 spiro atoms. The first-order chi connectivity index (χ1) is 8.15. The highest BCUT2D eigenvalue weighted by molar-refractivity contribution is 9.10. The van der Waals surface area contributed by atoms with Crippen LogP contribution in [0.4, 0.5) is 5.69 Å². The summed E-state index contributed by atoms with van der Waals surface area (Å²) < 4.78 is 0.901. The van der Waals surface area contributed by atoms with E-state index in [1.54, 1.807) is 0 Å². The number of hydrogen-bond acceptors (Lipinski definition) is 2. The number of halogens is 1. The number of nitrogens with zero attached hydrogens (tertiary/aromatic N) is 1. The molecule has 0 aliphatic rings. The summed E-state index contributed by atoms with van der Waals surface area (Å²) in [7, 11) is 0. The van der Waals surface area contributed by atoms with Crippen molar-refractivity contribution in [3.05, 3.63) is 57.8 Å². The number of rotatable bonds is 3. The molecule has 1 heterocycles. The van der Waals surface area contributed by atoms with E-state index in [1.807, 2.05) is 13.1 Å². The van der Waals surface area contributed by atoms with Gasteiger partial charge in [0, 0.05) is 6.54 Å². The molecular weight excluding hydrogens is 276 g/mol. The van der Waals surface area contributed by atoms with Gasteiger partial charge in [0.2, 0.25) is 0 Å². The highest BCUT2D eigenvalue weighted by Crippen LogP contribution is 2.17. The summed E-state index contributed by atoms with van der Waals surface area (Å²) in [4.78, 5) is 4.26. The molecule has 0 amide bonds. The van der Waals surface area contributed by atoms with Crippen molar-refractivity contribution in [3.63, 3.8) is 0 Å². The lowest BCUT2D eigenvalue weighted by Crippen LogP contribution is -2.00. The highest BCUT2D eigenvalue weighted by Gasteiger charge is 1.99. The molecule has 17 heavy (non-hydrogen) atoms. The van der Waals surface area contributed by atoms with Gasteiger partial charge in [-0.1, -0.05) is 29.8 Å². The molecule has 0 saturated heterocycles. The third-order valence-corrected chi connectivity index (χ3v) is 3.42. The molecule has 0 aliphatic carbocycles. The van der Waals surface area contributed by atoms with Crippen LogP contribution in [-0.4, -0.2) is 4.98 Å². The first kappa shape index (κ1) is 12.1. The summed E-state index contributed by atoms with van der Waals surface area (Å²) in [6, 6.07) is 10.6. The topological polar surface area (TPSA) is 24.9 Å². The van der Waals surface area contributed by atoms with E-state index in [2.05, 4.69) is 63.5 Å². The summed E-state index contributed by atoms with van der Waals surface area (Å²) in [6.07, 6.45) is 1.84. The van der Waals surface area contributed by atoms with Gasteiger partial charge in [0.1, 0.15) is 4.60 Å². The molecule has 0 radical (unpaired) electrons. The van der Waals surface area contributed by atoms with Crippen molar-refractivity contribution < 1.29 is 0 Å². The van der Waals surface area contributed by atoms with Crippen molar-refractivity contribution in [1.82, 2.24) is 4.98 Å². The second-order valence-electron chi connectivity index (χ2n) is 4.17. The van der Waals surface area contributed by atoms with Gasteiger partial charge in [-0.05, 0) is 47.0 Å². The predicted octanol–water partition coefficient (Wildman–Crippen LogP) is 4.07. The van der Waals surface area contributed by atoms with Crippen LogP contribution in [0.3, 0.4) is 0 Å². The standard InChI is InChI=1S/C14H15BrN2/c1-10-4-3-5-12(6-10)8-16-13-7-11(2)14(15)17-9-13/h3-7,9,16H,8H2,1-2H3. The number of aryl methyl sites for hydroxylation is 2. The van der Waals surface area contributed by atoms with E-state index in [0.29, 0.717) is 0 Å². The fraction of sp³-hybridized carbons (Fsp3) is 0.214. The second kappa shape index (κ2) is 5.32. The van der Waals surface area contributed by atoms with Gasteiger partial charge in [-0.25, -0.2) is 4.98 Å². The van der Waals surface area contributed by atoms with E-state index in [1.165, 1.54) is 11.1 Å². The minimum Gasteiger partial charge on any atom is -0.380 e. The Morgan fingerprint density at radius 2 is 2.06 bits per heavy atom. The molecule has 2 nitrogen and oxygen atoms in total. The maximum Gasteiger partial charge on any atom is 0.109 e. The highest BCUT2D eigenvalue weighted by atomic mass is 79.9. The van der Waals surface area contributed by atoms with Crippen LogP contribution in [0, 0.1) is 13.8 Å². The Hall–Kier alpha value is -1.35.